The van der Waals surface area contributed by atoms with E-state index in [0.29, 0.717) is 6.04 Å². The number of imidazole rings is 1. The Bertz CT molecular complexity index is 475. The smallest absolute Gasteiger partial charge is 0.0945 e. The highest BCUT2D eigenvalue weighted by atomic mass is 32.1. The number of hydrogen-bond donors (Lipinski definition) is 1. The van der Waals surface area contributed by atoms with Gasteiger partial charge in [-0.1, -0.05) is 0 Å². The summed E-state index contributed by atoms with van der Waals surface area (Å²) in [6.07, 6.45) is 6.79. The molecule has 0 aliphatic carbocycles. The van der Waals surface area contributed by atoms with Gasteiger partial charge in [0.25, 0.3) is 0 Å². The summed E-state index contributed by atoms with van der Waals surface area (Å²) >= 11 is 1.79. The molecule has 1 N–H and O–H groups in total. The summed E-state index contributed by atoms with van der Waals surface area (Å²) in [5.74, 6) is 0. The van der Waals surface area contributed by atoms with Crippen LogP contribution in [0, 0.1) is 13.8 Å². The van der Waals surface area contributed by atoms with Gasteiger partial charge in [0.05, 0.1) is 17.0 Å². The molecule has 0 fully saturated rings. The molecule has 0 radical (unpaired) electrons. The lowest BCUT2D eigenvalue weighted by atomic mass is 10.2. The topological polar surface area (TPSA) is 42.7 Å². The van der Waals surface area contributed by atoms with E-state index >= 15 is 0 Å². The molecular weight excluding hydrogens is 244 g/mol. The average Bonchev–Trinajstić information content (AvgIpc) is 2.94. The first-order chi connectivity index (χ1) is 8.66. The zero-order valence-corrected chi connectivity index (χ0v) is 12.0. The van der Waals surface area contributed by atoms with Crippen molar-refractivity contribution in [2.75, 3.05) is 6.54 Å². The molecule has 0 bridgehead atoms. The van der Waals surface area contributed by atoms with Crippen molar-refractivity contribution in [3.63, 3.8) is 0 Å². The Morgan fingerprint density at radius 3 is 2.89 bits per heavy atom. The molecule has 0 aliphatic rings. The fourth-order valence-electron chi connectivity index (χ4n) is 2.04. The van der Waals surface area contributed by atoms with Gasteiger partial charge in [-0.2, -0.15) is 0 Å². The third-order valence-electron chi connectivity index (χ3n) is 2.94. The van der Waals surface area contributed by atoms with Gasteiger partial charge in [0.1, 0.15) is 0 Å². The second-order valence-corrected chi connectivity index (χ2v) is 5.75. The predicted molar refractivity (Wildman–Crippen MR) is 74.8 cm³/mol. The van der Waals surface area contributed by atoms with E-state index in [0.717, 1.165) is 30.2 Å². The van der Waals surface area contributed by atoms with Gasteiger partial charge in [-0.3, -0.25) is 0 Å². The molecule has 2 aromatic rings. The van der Waals surface area contributed by atoms with E-state index in [2.05, 4.69) is 40.6 Å². The Kier molecular flexibility index (Phi) is 4.49. The van der Waals surface area contributed by atoms with Crippen molar-refractivity contribution in [1.82, 2.24) is 19.9 Å². The van der Waals surface area contributed by atoms with Gasteiger partial charge in [0.2, 0.25) is 0 Å². The van der Waals surface area contributed by atoms with Crippen molar-refractivity contribution >= 4 is 11.3 Å². The first kappa shape index (κ1) is 13.2. The summed E-state index contributed by atoms with van der Waals surface area (Å²) in [6.45, 7) is 8.38. The fourth-order valence-corrected chi connectivity index (χ4v) is 2.99. The second-order valence-electron chi connectivity index (χ2n) is 4.51. The van der Waals surface area contributed by atoms with Crippen molar-refractivity contribution in [3.8, 4) is 0 Å². The highest BCUT2D eigenvalue weighted by Crippen LogP contribution is 2.24. The zero-order valence-electron chi connectivity index (χ0n) is 11.2. The molecule has 0 saturated heterocycles. The van der Waals surface area contributed by atoms with Crippen LogP contribution in [0.25, 0.3) is 0 Å². The van der Waals surface area contributed by atoms with Crippen molar-refractivity contribution in [2.45, 2.75) is 39.8 Å². The summed E-state index contributed by atoms with van der Waals surface area (Å²) in [6, 6.07) is 0.388. The third kappa shape index (κ3) is 3.40. The van der Waals surface area contributed by atoms with Crippen molar-refractivity contribution < 1.29 is 0 Å². The molecule has 4 nitrogen and oxygen atoms in total. The second kappa shape index (κ2) is 6.11. The van der Waals surface area contributed by atoms with Gasteiger partial charge in [0.15, 0.2) is 0 Å². The van der Waals surface area contributed by atoms with Gasteiger partial charge in [-0.25, -0.2) is 9.97 Å². The van der Waals surface area contributed by atoms with Crippen molar-refractivity contribution in [2.24, 2.45) is 0 Å². The first-order valence-corrected chi connectivity index (χ1v) is 7.11. The van der Waals surface area contributed by atoms with Crippen LogP contribution in [0.5, 0.6) is 0 Å². The van der Waals surface area contributed by atoms with E-state index in [1.165, 1.54) is 4.88 Å². The van der Waals surface area contributed by atoms with Crippen LogP contribution >= 0.6 is 11.3 Å². The minimum absolute atomic E-state index is 0.388. The van der Waals surface area contributed by atoms with Crippen LogP contribution in [0.3, 0.4) is 0 Å². The fraction of sp³-hybridized carbons (Fsp3) is 0.538. The summed E-state index contributed by atoms with van der Waals surface area (Å²) in [5.41, 5.74) is 1.16. The molecule has 0 spiro atoms. The maximum absolute atomic E-state index is 4.47. The molecule has 2 aromatic heterocycles. The van der Waals surface area contributed by atoms with E-state index in [-0.39, 0.29) is 0 Å². The van der Waals surface area contributed by atoms with Crippen LogP contribution < -0.4 is 5.32 Å². The molecule has 0 saturated carbocycles. The number of nitrogens with one attached hydrogen (secondary N) is 1. The Hall–Kier alpha value is -1.20. The Labute approximate surface area is 112 Å². The first-order valence-electron chi connectivity index (χ1n) is 6.30. The summed E-state index contributed by atoms with van der Waals surface area (Å²) in [5, 5.41) is 4.70. The molecule has 5 heteroatoms. The minimum atomic E-state index is 0.388. The van der Waals surface area contributed by atoms with Gasteiger partial charge in [-0.15, -0.1) is 11.3 Å². The lowest BCUT2D eigenvalue weighted by Crippen LogP contribution is -2.20. The standard InChI is InChI=1S/C13H20N4S/c1-10(13-11(2)16-12(3)18-13)15-5-4-7-17-8-6-14-9-17/h6,8-10,15H,4-5,7H2,1-3H3. The molecule has 0 aliphatic heterocycles. The molecular formula is C13H20N4S. The highest BCUT2D eigenvalue weighted by Gasteiger charge is 2.11. The van der Waals surface area contributed by atoms with E-state index in [4.69, 9.17) is 0 Å². The largest absolute Gasteiger partial charge is 0.337 e. The molecule has 1 atom stereocenters. The SMILES string of the molecule is Cc1nc(C)c(C(C)NCCCn2ccnc2)s1. The maximum Gasteiger partial charge on any atom is 0.0945 e. The van der Waals surface area contributed by atoms with Crippen LogP contribution in [0.4, 0.5) is 0 Å². The zero-order chi connectivity index (χ0) is 13.0. The summed E-state index contributed by atoms with van der Waals surface area (Å²) in [7, 11) is 0. The maximum atomic E-state index is 4.47. The Morgan fingerprint density at radius 1 is 1.44 bits per heavy atom. The quantitative estimate of drug-likeness (QED) is 0.816. The van der Waals surface area contributed by atoms with Crippen LogP contribution in [-0.4, -0.2) is 21.1 Å². The third-order valence-corrected chi connectivity index (χ3v) is 4.19. The number of hydrogen-bond acceptors (Lipinski definition) is 4. The Balaban J connectivity index is 1.75. The number of nitrogens with zero attached hydrogens (tertiary/aromatic N) is 3. The van der Waals surface area contributed by atoms with Crippen LogP contribution in [-0.2, 0) is 6.54 Å². The molecule has 98 valence electrons. The monoisotopic (exact) mass is 264 g/mol. The van der Waals surface area contributed by atoms with Gasteiger partial charge in [0, 0.05) is 29.9 Å². The highest BCUT2D eigenvalue weighted by molar-refractivity contribution is 7.11. The normalized spacial score (nSPS) is 12.8. The van der Waals surface area contributed by atoms with E-state index in [9.17, 15) is 0 Å². The molecule has 2 rings (SSSR count). The molecule has 2 heterocycles. The number of thiazole rings is 1. The molecule has 0 aromatic carbocycles. The minimum Gasteiger partial charge on any atom is -0.337 e. The van der Waals surface area contributed by atoms with Crippen LogP contribution in [0.1, 0.15) is 35.0 Å². The Morgan fingerprint density at radius 2 is 2.28 bits per heavy atom. The van der Waals surface area contributed by atoms with Crippen molar-refractivity contribution in [1.29, 1.82) is 0 Å². The van der Waals surface area contributed by atoms with Gasteiger partial charge in [-0.05, 0) is 33.7 Å². The number of aryl methyl sites for hydroxylation is 3. The van der Waals surface area contributed by atoms with Gasteiger partial charge < -0.3 is 9.88 Å². The van der Waals surface area contributed by atoms with Gasteiger partial charge >= 0.3 is 0 Å². The molecule has 0 amide bonds. The van der Waals surface area contributed by atoms with E-state index < -0.39 is 0 Å². The molecule has 1 unspecified atom stereocenters. The average molecular weight is 264 g/mol. The van der Waals surface area contributed by atoms with E-state index in [1.54, 1.807) is 11.3 Å². The van der Waals surface area contributed by atoms with Crippen LogP contribution in [0.15, 0.2) is 18.7 Å². The summed E-state index contributed by atoms with van der Waals surface area (Å²) < 4.78 is 2.11. The summed E-state index contributed by atoms with van der Waals surface area (Å²) in [4.78, 5) is 9.86. The molecule has 18 heavy (non-hydrogen) atoms. The van der Waals surface area contributed by atoms with Crippen molar-refractivity contribution in [3.05, 3.63) is 34.3 Å². The number of aromatic nitrogens is 3. The number of rotatable bonds is 6. The van der Waals surface area contributed by atoms with E-state index in [1.807, 2.05) is 18.7 Å². The lowest BCUT2D eigenvalue weighted by molar-refractivity contribution is 0.529. The van der Waals surface area contributed by atoms with Crippen LogP contribution in [0.2, 0.25) is 0 Å². The lowest BCUT2D eigenvalue weighted by Gasteiger charge is -2.12. The predicted octanol–water partition coefficient (Wildman–Crippen LogP) is 2.70.